The summed E-state index contributed by atoms with van der Waals surface area (Å²) in [5.74, 6) is 0.622. The highest BCUT2D eigenvalue weighted by atomic mass is 79.9. The van der Waals surface area contributed by atoms with E-state index in [2.05, 4.69) is 27.6 Å². The Hall–Kier alpha value is 0.310. The van der Waals surface area contributed by atoms with Gasteiger partial charge in [0.1, 0.15) is 0 Å². The van der Waals surface area contributed by atoms with Gasteiger partial charge >= 0.3 is 0 Å². The van der Waals surface area contributed by atoms with E-state index in [0.717, 1.165) is 12.8 Å². The molecule has 0 aromatic rings. The van der Waals surface area contributed by atoms with E-state index in [1.165, 1.54) is 0 Å². The number of hydrogen-bond donors (Lipinski definition) is 1. The molecule has 0 radical (unpaired) electrons. The maximum absolute atomic E-state index is 12.2. The molecule has 1 saturated heterocycles. The van der Waals surface area contributed by atoms with Crippen molar-refractivity contribution in [3.05, 3.63) is 0 Å². The summed E-state index contributed by atoms with van der Waals surface area (Å²) in [5, 5.41) is 0.597. The molecular formula is C11H23BrN2O3S. The fraction of sp³-hybridized carbons (Fsp3) is 1.00. The lowest BCUT2D eigenvalue weighted by molar-refractivity contribution is 0.188. The average Bonchev–Trinajstić information content (AvgIpc) is 2.35. The molecule has 1 heterocycles. The third-order valence-corrected chi connectivity index (χ3v) is 5.71. The van der Waals surface area contributed by atoms with Gasteiger partial charge in [0.15, 0.2) is 0 Å². The smallest absolute Gasteiger partial charge is 0.279 e. The summed E-state index contributed by atoms with van der Waals surface area (Å²) in [6, 6.07) is -0.116. The number of methoxy groups -OCH3 is 1. The van der Waals surface area contributed by atoms with Crippen molar-refractivity contribution in [3.63, 3.8) is 0 Å². The van der Waals surface area contributed by atoms with Gasteiger partial charge in [-0.3, -0.25) is 0 Å². The highest BCUT2D eigenvalue weighted by Crippen LogP contribution is 2.18. The van der Waals surface area contributed by atoms with Crippen LogP contribution in [0, 0.1) is 5.92 Å². The largest absolute Gasteiger partial charge is 0.385 e. The van der Waals surface area contributed by atoms with Gasteiger partial charge in [-0.05, 0) is 25.2 Å². The lowest BCUT2D eigenvalue weighted by atomic mass is 10.0. The lowest BCUT2D eigenvalue weighted by Crippen LogP contribution is -2.48. The average molecular weight is 343 g/mol. The van der Waals surface area contributed by atoms with Crippen molar-refractivity contribution in [2.75, 3.05) is 32.1 Å². The Morgan fingerprint density at radius 3 is 2.56 bits per heavy atom. The van der Waals surface area contributed by atoms with E-state index >= 15 is 0 Å². The third-order valence-electron chi connectivity index (χ3n) is 3.25. The van der Waals surface area contributed by atoms with Crippen LogP contribution >= 0.6 is 15.9 Å². The Bertz CT molecular complexity index is 329. The first-order valence-corrected chi connectivity index (χ1v) is 8.88. The maximum Gasteiger partial charge on any atom is 0.279 e. The van der Waals surface area contributed by atoms with E-state index in [1.54, 1.807) is 11.4 Å². The number of nitrogens with one attached hydrogen (secondary N) is 1. The summed E-state index contributed by atoms with van der Waals surface area (Å²) in [5.41, 5.74) is 0. The molecule has 1 fully saturated rings. The Morgan fingerprint density at radius 2 is 2.06 bits per heavy atom. The molecule has 0 aliphatic carbocycles. The van der Waals surface area contributed by atoms with Crippen molar-refractivity contribution in [1.82, 2.24) is 9.03 Å². The van der Waals surface area contributed by atoms with Gasteiger partial charge in [0, 0.05) is 38.2 Å². The van der Waals surface area contributed by atoms with E-state index < -0.39 is 10.2 Å². The molecule has 1 aliphatic rings. The monoisotopic (exact) mass is 342 g/mol. The van der Waals surface area contributed by atoms with Crippen LogP contribution in [0.15, 0.2) is 0 Å². The molecule has 1 N–H and O–H groups in total. The molecule has 108 valence electrons. The normalized spacial score (nSPS) is 21.1. The number of alkyl halides is 1. The van der Waals surface area contributed by atoms with Crippen LogP contribution in [0.1, 0.15) is 26.2 Å². The Balaban J connectivity index is 2.51. The molecule has 1 aliphatic heterocycles. The second-order valence-electron chi connectivity index (χ2n) is 4.84. The van der Waals surface area contributed by atoms with Crippen molar-refractivity contribution in [3.8, 4) is 0 Å². The highest BCUT2D eigenvalue weighted by molar-refractivity contribution is 9.09. The van der Waals surface area contributed by atoms with Gasteiger partial charge in [-0.25, -0.2) is 0 Å². The number of hydrogen-bond acceptors (Lipinski definition) is 3. The van der Waals surface area contributed by atoms with E-state index in [9.17, 15) is 8.42 Å². The molecule has 0 bridgehead atoms. The molecule has 1 rings (SSSR count). The van der Waals surface area contributed by atoms with Gasteiger partial charge in [-0.15, -0.1) is 0 Å². The molecule has 1 atom stereocenters. The number of rotatable bonds is 7. The zero-order valence-corrected chi connectivity index (χ0v) is 13.5. The van der Waals surface area contributed by atoms with E-state index in [1.807, 2.05) is 0 Å². The molecule has 0 amide bonds. The Kier molecular flexibility index (Phi) is 7.08. The first kappa shape index (κ1) is 16.4. The van der Waals surface area contributed by atoms with Gasteiger partial charge in [-0.1, -0.05) is 22.9 Å². The van der Waals surface area contributed by atoms with Gasteiger partial charge in [0.05, 0.1) is 0 Å². The summed E-state index contributed by atoms with van der Waals surface area (Å²) in [6.45, 7) is 3.96. The molecule has 0 saturated carbocycles. The fourth-order valence-electron chi connectivity index (χ4n) is 1.94. The van der Waals surface area contributed by atoms with Crippen molar-refractivity contribution >= 4 is 26.1 Å². The second-order valence-corrected chi connectivity index (χ2v) is 7.19. The standard InChI is InChI=1S/C11H23BrN2O3S/c1-10-3-6-14(7-4-10)18(15,16)13-11(9-12)5-8-17-2/h10-11,13H,3-9H2,1-2H3. The molecule has 1 unspecified atom stereocenters. The predicted molar refractivity (Wildman–Crippen MR) is 76.1 cm³/mol. The Morgan fingerprint density at radius 1 is 1.44 bits per heavy atom. The first-order valence-electron chi connectivity index (χ1n) is 6.32. The second kappa shape index (κ2) is 7.79. The van der Waals surface area contributed by atoms with Crippen molar-refractivity contribution in [1.29, 1.82) is 0 Å². The number of piperidine rings is 1. The minimum absolute atomic E-state index is 0.116. The van der Waals surface area contributed by atoms with E-state index in [0.29, 0.717) is 37.4 Å². The zero-order valence-electron chi connectivity index (χ0n) is 11.1. The summed E-state index contributed by atoms with van der Waals surface area (Å²) in [6.07, 6.45) is 2.56. The summed E-state index contributed by atoms with van der Waals surface area (Å²) in [7, 11) is -1.73. The van der Waals surface area contributed by atoms with Crippen LogP contribution in [0.2, 0.25) is 0 Å². The molecule has 18 heavy (non-hydrogen) atoms. The maximum atomic E-state index is 12.2. The third kappa shape index (κ3) is 5.13. The van der Waals surface area contributed by atoms with Crippen LogP contribution in [-0.4, -0.2) is 50.9 Å². The van der Waals surface area contributed by atoms with Crippen molar-refractivity contribution in [2.45, 2.75) is 32.2 Å². The van der Waals surface area contributed by atoms with Gasteiger partial charge < -0.3 is 4.74 Å². The van der Waals surface area contributed by atoms with Crippen molar-refractivity contribution < 1.29 is 13.2 Å². The lowest BCUT2D eigenvalue weighted by Gasteiger charge is -2.30. The molecule has 0 aromatic heterocycles. The minimum Gasteiger partial charge on any atom is -0.385 e. The number of nitrogens with zero attached hydrogens (tertiary/aromatic N) is 1. The van der Waals surface area contributed by atoms with Crippen LogP contribution in [0.4, 0.5) is 0 Å². The SMILES string of the molecule is COCCC(CBr)NS(=O)(=O)N1CCC(C)CC1. The van der Waals surface area contributed by atoms with Crippen LogP contribution in [0.25, 0.3) is 0 Å². The highest BCUT2D eigenvalue weighted by Gasteiger charge is 2.28. The topological polar surface area (TPSA) is 58.6 Å². The zero-order chi connectivity index (χ0) is 13.6. The van der Waals surface area contributed by atoms with Crippen LogP contribution in [0.5, 0.6) is 0 Å². The van der Waals surface area contributed by atoms with Gasteiger partial charge in [0.25, 0.3) is 10.2 Å². The molecular weight excluding hydrogens is 320 g/mol. The fourth-order valence-corrected chi connectivity index (χ4v) is 4.10. The summed E-state index contributed by atoms with van der Waals surface area (Å²) >= 11 is 3.33. The molecule has 0 aromatic carbocycles. The number of ether oxygens (including phenoxy) is 1. The van der Waals surface area contributed by atoms with E-state index in [-0.39, 0.29) is 6.04 Å². The Labute approximate surface area is 119 Å². The van der Waals surface area contributed by atoms with Gasteiger partial charge in [-0.2, -0.15) is 17.4 Å². The van der Waals surface area contributed by atoms with Crippen LogP contribution in [0.3, 0.4) is 0 Å². The quantitative estimate of drug-likeness (QED) is 0.710. The summed E-state index contributed by atoms with van der Waals surface area (Å²) < 4.78 is 33.6. The number of halogens is 1. The molecule has 0 spiro atoms. The van der Waals surface area contributed by atoms with E-state index in [4.69, 9.17) is 4.74 Å². The molecule has 7 heteroatoms. The predicted octanol–water partition coefficient (Wildman–Crippen LogP) is 1.35. The summed E-state index contributed by atoms with van der Waals surface area (Å²) in [4.78, 5) is 0. The minimum atomic E-state index is -3.35. The van der Waals surface area contributed by atoms with Crippen LogP contribution in [-0.2, 0) is 14.9 Å². The first-order chi connectivity index (χ1) is 8.49. The van der Waals surface area contributed by atoms with Crippen LogP contribution < -0.4 is 4.72 Å². The van der Waals surface area contributed by atoms with Crippen molar-refractivity contribution in [2.24, 2.45) is 5.92 Å². The van der Waals surface area contributed by atoms with Gasteiger partial charge in [0.2, 0.25) is 0 Å². The molecule has 5 nitrogen and oxygen atoms in total.